The summed E-state index contributed by atoms with van der Waals surface area (Å²) in [5, 5.41) is 5.81. The van der Waals surface area contributed by atoms with Gasteiger partial charge in [-0.15, -0.1) is 0 Å². The molecule has 0 fully saturated rings. The minimum absolute atomic E-state index is 0.0321. The van der Waals surface area contributed by atoms with Crippen LogP contribution in [0.1, 0.15) is 13.8 Å². The van der Waals surface area contributed by atoms with Crippen LogP contribution in [0.25, 0.3) is 0 Å². The third-order valence-electron chi connectivity index (χ3n) is 2.84. The van der Waals surface area contributed by atoms with Crippen LogP contribution in [-0.2, 0) is 13.1 Å². The van der Waals surface area contributed by atoms with Gasteiger partial charge in [-0.1, -0.05) is 0 Å². The fraction of sp³-hybridized carbons (Fsp3) is 0.462. The van der Waals surface area contributed by atoms with E-state index in [2.05, 4.69) is 20.6 Å². The molecule has 0 saturated carbocycles. The first-order valence-corrected chi connectivity index (χ1v) is 6.62. The van der Waals surface area contributed by atoms with Gasteiger partial charge in [-0.3, -0.25) is 0 Å². The Bertz CT molecular complexity index is 461. The lowest BCUT2D eigenvalue weighted by atomic mass is 10.3. The van der Waals surface area contributed by atoms with Gasteiger partial charge in [-0.25, -0.2) is 14.8 Å². The summed E-state index contributed by atoms with van der Waals surface area (Å²) in [6.07, 6.45) is 10.7. The van der Waals surface area contributed by atoms with Crippen molar-refractivity contribution in [1.29, 1.82) is 0 Å². The topological polar surface area (TPSA) is 76.8 Å². The van der Waals surface area contributed by atoms with Crippen LogP contribution in [0.2, 0.25) is 0 Å². The van der Waals surface area contributed by atoms with E-state index in [-0.39, 0.29) is 18.1 Å². The van der Waals surface area contributed by atoms with E-state index in [1.807, 2.05) is 35.4 Å². The molecule has 2 aromatic rings. The second-order valence-electron chi connectivity index (χ2n) is 4.94. The van der Waals surface area contributed by atoms with Crippen LogP contribution in [0.4, 0.5) is 4.79 Å². The standard InChI is InChI=1S/C13H20N6O/c1-11(7-18-5-3-14-9-18)16-13(20)17-12(2)8-19-6-4-15-10-19/h3-6,9-12H,7-8H2,1-2H3,(H2,16,17,20)/t11-,12-/m0/s1. The SMILES string of the molecule is C[C@@H](Cn1ccnc1)NC(=O)N[C@@H](C)Cn1ccnc1. The van der Waals surface area contributed by atoms with Gasteiger partial charge in [-0.05, 0) is 13.8 Å². The van der Waals surface area contributed by atoms with Crippen molar-refractivity contribution in [3.8, 4) is 0 Å². The lowest BCUT2D eigenvalue weighted by Gasteiger charge is -2.18. The Balaban J connectivity index is 1.71. The zero-order chi connectivity index (χ0) is 14.4. The maximum Gasteiger partial charge on any atom is 0.315 e. The molecule has 2 atom stereocenters. The lowest BCUT2D eigenvalue weighted by Crippen LogP contribution is -2.46. The molecular weight excluding hydrogens is 256 g/mol. The Morgan fingerprint density at radius 1 is 1.00 bits per heavy atom. The summed E-state index contributed by atoms with van der Waals surface area (Å²) in [6, 6.07) is -0.0977. The normalized spacial score (nSPS) is 13.7. The summed E-state index contributed by atoms with van der Waals surface area (Å²) in [5.41, 5.74) is 0. The number of amides is 2. The lowest BCUT2D eigenvalue weighted by molar-refractivity contribution is 0.232. The Labute approximate surface area is 118 Å². The first-order valence-electron chi connectivity index (χ1n) is 6.62. The van der Waals surface area contributed by atoms with Crippen LogP contribution in [0.5, 0.6) is 0 Å². The maximum atomic E-state index is 11.8. The molecule has 0 bridgehead atoms. The van der Waals surface area contributed by atoms with Crippen LogP contribution in [0.3, 0.4) is 0 Å². The first-order chi connectivity index (χ1) is 9.63. The first kappa shape index (κ1) is 14.1. The molecule has 2 N–H and O–H groups in total. The van der Waals surface area contributed by atoms with E-state index >= 15 is 0 Å². The summed E-state index contributed by atoms with van der Waals surface area (Å²) in [4.78, 5) is 19.8. The van der Waals surface area contributed by atoms with Crippen molar-refractivity contribution in [3.63, 3.8) is 0 Å². The Kier molecular flexibility index (Phi) is 4.75. The molecule has 0 saturated heterocycles. The Morgan fingerprint density at radius 3 is 1.80 bits per heavy atom. The number of aromatic nitrogens is 4. The fourth-order valence-corrected chi connectivity index (χ4v) is 2.00. The molecule has 0 aliphatic rings. The van der Waals surface area contributed by atoms with Gasteiger partial charge >= 0.3 is 6.03 Å². The molecule has 7 nitrogen and oxygen atoms in total. The number of nitrogens with one attached hydrogen (secondary N) is 2. The molecule has 0 aliphatic heterocycles. The van der Waals surface area contributed by atoms with Gasteiger partial charge in [-0.2, -0.15) is 0 Å². The summed E-state index contributed by atoms with van der Waals surface area (Å²) >= 11 is 0. The van der Waals surface area contributed by atoms with Gasteiger partial charge in [0.15, 0.2) is 0 Å². The van der Waals surface area contributed by atoms with E-state index in [1.54, 1.807) is 25.0 Å². The third-order valence-corrected chi connectivity index (χ3v) is 2.84. The third kappa shape index (κ3) is 4.42. The number of rotatable bonds is 6. The van der Waals surface area contributed by atoms with Crippen molar-refractivity contribution in [2.75, 3.05) is 0 Å². The fourth-order valence-electron chi connectivity index (χ4n) is 2.00. The molecule has 0 spiro atoms. The highest BCUT2D eigenvalue weighted by molar-refractivity contribution is 5.74. The molecule has 0 radical (unpaired) electrons. The number of hydrogen-bond acceptors (Lipinski definition) is 3. The van der Waals surface area contributed by atoms with Crippen LogP contribution in [-0.4, -0.2) is 37.2 Å². The summed E-state index contributed by atoms with van der Waals surface area (Å²) in [5.74, 6) is 0. The number of carbonyl (C=O) groups is 1. The number of urea groups is 1. The average Bonchev–Trinajstić information content (AvgIpc) is 3.01. The van der Waals surface area contributed by atoms with Crippen LogP contribution < -0.4 is 10.6 Å². The zero-order valence-corrected chi connectivity index (χ0v) is 11.7. The molecule has 20 heavy (non-hydrogen) atoms. The van der Waals surface area contributed by atoms with Crippen LogP contribution >= 0.6 is 0 Å². The average molecular weight is 276 g/mol. The minimum atomic E-state index is -0.162. The summed E-state index contributed by atoms with van der Waals surface area (Å²) in [7, 11) is 0. The zero-order valence-electron chi connectivity index (χ0n) is 11.7. The second kappa shape index (κ2) is 6.74. The van der Waals surface area contributed by atoms with Crippen molar-refractivity contribution in [3.05, 3.63) is 37.4 Å². The van der Waals surface area contributed by atoms with E-state index in [0.29, 0.717) is 13.1 Å². The predicted molar refractivity (Wildman–Crippen MR) is 75.0 cm³/mol. The molecule has 108 valence electrons. The van der Waals surface area contributed by atoms with E-state index < -0.39 is 0 Å². The summed E-state index contributed by atoms with van der Waals surface area (Å²) < 4.78 is 3.86. The molecule has 0 aliphatic carbocycles. The Hall–Kier alpha value is -2.31. The smallest absolute Gasteiger partial charge is 0.315 e. The molecule has 2 aromatic heterocycles. The highest BCUT2D eigenvalue weighted by Gasteiger charge is 2.10. The van der Waals surface area contributed by atoms with Gasteiger partial charge in [0, 0.05) is 50.0 Å². The van der Waals surface area contributed by atoms with E-state index in [9.17, 15) is 4.79 Å². The van der Waals surface area contributed by atoms with Crippen LogP contribution in [0, 0.1) is 0 Å². The number of imidazole rings is 2. The molecule has 2 heterocycles. The molecule has 0 unspecified atom stereocenters. The van der Waals surface area contributed by atoms with Gasteiger partial charge in [0.2, 0.25) is 0 Å². The highest BCUT2D eigenvalue weighted by atomic mass is 16.2. The van der Waals surface area contributed by atoms with E-state index in [0.717, 1.165) is 0 Å². The van der Waals surface area contributed by atoms with Crippen molar-refractivity contribution < 1.29 is 4.79 Å². The monoisotopic (exact) mass is 276 g/mol. The quantitative estimate of drug-likeness (QED) is 0.821. The predicted octanol–water partition coefficient (Wildman–Crippen LogP) is 0.856. The molecular formula is C13H20N6O. The van der Waals surface area contributed by atoms with Gasteiger partial charge < -0.3 is 19.8 Å². The van der Waals surface area contributed by atoms with Gasteiger partial charge in [0.25, 0.3) is 0 Å². The van der Waals surface area contributed by atoms with Crippen molar-refractivity contribution in [2.24, 2.45) is 0 Å². The Morgan fingerprint density at radius 2 is 1.45 bits per heavy atom. The van der Waals surface area contributed by atoms with Crippen molar-refractivity contribution in [2.45, 2.75) is 39.0 Å². The largest absolute Gasteiger partial charge is 0.335 e. The number of nitrogens with zero attached hydrogens (tertiary/aromatic N) is 4. The van der Waals surface area contributed by atoms with Crippen LogP contribution in [0.15, 0.2) is 37.4 Å². The second-order valence-corrected chi connectivity index (χ2v) is 4.94. The summed E-state index contributed by atoms with van der Waals surface area (Å²) in [6.45, 7) is 5.31. The molecule has 0 aromatic carbocycles. The number of hydrogen-bond donors (Lipinski definition) is 2. The van der Waals surface area contributed by atoms with Gasteiger partial charge in [0.05, 0.1) is 12.7 Å². The van der Waals surface area contributed by atoms with Crippen molar-refractivity contribution >= 4 is 6.03 Å². The molecule has 2 rings (SSSR count). The highest BCUT2D eigenvalue weighted by Crippen LogP contribution is 1.94. The van der Waals surface area contributed by atoms with E-state index in [4.69, 9.17) is 0 Å². The van der Waals surface area contributed by atoms with Gasteiger partial charge in [0.1, 0.15) is 0 Å². The van der Waals surface area contributed by atoms with Crippen molar-refractivity contribution in [1.82, 2.24) is 29.7 Å². The number of carbonyl (C=O) groups excluding carboxylic acids is 1. The molecule has 2 amide bonds. The van der Waals surface area contributed by atoms with E-state index in [1.165, 1.54) is 0 Å². The minimum Gasteiger partial charge on any atom is -0.335 e. The molecule has 7 heteroatoms. The maximum absolute atomic E-state index is 11.8.